The van der Waals surface area contributed by atoms with Crippen LogP contribution in [0.4, 0.5) is 10.5 Å². The number of ketones is 3. The Hall–Kier alpha value is -5.52. The normalized spacial score (nSPS) is 24.3. The average Bonchev–Trinajstić information content (AvgIpc) is 1.65. The third-order valence-electron chi connectivity index (χ3n) is 17.1. The van der Waals surface area contributed by atoms with Gasteiger partial charge in [-0.25, -0.2) is 9.59 Å². The lowest BCUT2D eigenvalue weighted by atomic mass is 9.78. The van der Waals surface area contributed by atoms with Crippen molar-refractivity contribution in [2.24, 2.45) is 29.4 Å². The Morgan fingerprint density at radius 2 is 1.66 bits per heavy atom. The highest BCUT2D eigenvalue weighted by Gasteiger charge is 2.64. The molecule has 2 aromatic rings. The van der Waals surface area contributed by atoms with Gasteiger partial charge in [0.2, 0.25) is 11.8 Å². The molecule has 20 nitrogen and oxygen atoms in total. The van der Waals surface area contributed by atoms with Crippen LogP contribution in [0.15, 0.2) is 54.1 Å². The number of unbranched alkanes of at least 4 members (excludes halogenated alkanes) is 3. The summed E-state index contributed by atoms with van der Waals surface area (Å²) in [7, 11) is 4.38. The molecular formula is C64H88Br2ClN5O15. The maximum absolute atomic E-state index is 14.5. The van der Waals surface area contributed by atoms with Crippen LogP contribution in [0.1, 0.15) is 146 Å². The number of phenolic OH excluding ortho intramolecular Hbond substituents is 1. The lowest BCUT2D eigenvalue weighted by molar-refractivity contribution is -0.187. The Morgan fingerprint density at radius 3 is 2.29 bits per heavy atom. The number of amides is 5. The van der Waals surface area contributed by atoms with Crippen LogP contribution in [0.3, 0.4) is 0 Å². The van der Waals surface area contributed by atoms with E-state index in [1.807, 2.05) is 45.9 Å². The first-order chi connectivity index (χ1) is 41.0. The molecule has 0 saturated carbocycles. The largest absolute Gasteiger partial charge is 0.508 e. The number of aryl methyl sites for hydroxylation is 1. The number of benzene rings is 2. The maximum atomic E-state index is 14.5. The molecule has 3 aliphatic heterocycles. The van der Waals surface area contributed by atoms with Gasteiger partial charge in [-0.2, -0.15) is 0 Å². The fourth-order valence-corrected chi connectivity index (χ4v) is 13.3. The van der Waals surface area contributed by atoms with E-state index in [2.05, 4.69) is 42.5 Å². The van der Waals surface area contributed by atoms with E-state index in [1.165, 1.54) is 38.1 Å². The van der Waals surface area contributed by atoms with Gasteiger partial charge in [-0.15, -0.1) is 0 Å². The molecule has 0 unspecified atom stereocenters. The number of rotatable bonds is 27. The summed E-state index contributed by atoms with van der Waals surface area (Å²) in [6, 6.07) is 4.51. The smallest absolute Gasteiger partial charge is 0.328 e. The first-order valence-electron chi connectivity index (χ1n) is 29.8. The molecule has 5 rings (SSSR count). The monoisotopic (exact) mass is 1360 g/mol. The predicted molar refractivity (Wildman–Crippen MR) is 337 cm³/mol. The Labute approximate surface area is 533 Å². The van der Waals surface area contributed by atoms with Crippen molar-refractivity contribution >= 4 is 102 Å². The Bertz CT molecular complexity index is 2900. The summed E-state index contributed by atoms with van der Waals surface area (Å²) in [6.07, 6.45) is 4.80. The Kier molecular flexibility index (Phi) is 27.2. The number of Topliss-reactive ketones (excluding diaryl/α,β-unsaturated/α-hetero) is 3. The van der Waals surface area contributed by atoms with Crippen molar-refractivity contribution in [1.29, 1.82) is 0 Å². The molecule has 3 heterocycles. The van der Waals surface area contributed by atoms with Gasteiger partial charge in [-0.3, -0.25) is 33.6 Å². The number of carbonyl (C=O) groups excluding carboxylic acids is 9. The van der Waals surface area contributed by atoms with Gasteiger partial charge >= 0.3 is 18.0 Å². The number of hydrogen-bond donors (Lipinski definition) is 5. The number of likely N-dealkylation sites (N-methyl/N-ethyl adjacent to an activating group) is 1. The topological polar surface area (TPSA) is 291 Å². The molecule has 0 aromatic heterocycles. The number of aliphatic hydroxyl groups is 1. The number of carbonyl (C=O) groups is 9. The molecule has 4 bridgehead atoms. The molecule has 0 radical (unpaired) electrons. The van der Waals surface area contributed by atoms with Crippen LogP contribution in [0, 0.1) is 30.6 Å². The number of primary amides is 1. The lowest BCUT2D eigenvalue weighted by Crippen LogP contribution is -2.53. The van der Waals surface area contributed by atoms with Crippen LogP contribution in [-0.2, 0) is 65.4 Å². The van der Waals surface area contributed by atoms with Gasteiger partial charge in [0.15, 0.2) is 5.78 Å². The minimum Gasteiger partial charge on any atom is -0.508 e. The number of alkyl halides is 2. The number of allylic oxidation sites excluding steroid dienone is 3. The van der Waals surface area contributed by atoms with Crippen molar-refractivity contribution in [2.75, 3.05) is 43.3 Å². The molecule has 10 atom stereocenters. The van der Waals surface area contributed by atoms with Gasteiger partial charge in [0.1, 0.15) is 52.9 Å². The number of hydrogen-bond acceptors (Lipinski definition) is 15. The molecule has 2 aromatic carbocycles. The second-order valence-corrected chi connectivity index (χ2v) is 25.9. The number of nitrogens with zero attached hydrogens (tertiary/aromatic N) is 2. The van der Waals surface area contributed by atoms with Crippen LogP contribution in [-0.4, -0.2) is 154 Å². The van der Waals surface area contributed by atoms with E-state index in [9.17, 15) is 53.4 Å². The zero-order valence-electron chi connectivity index (χ0n) is 51.7. The van der Waals surface area contributed by atoms with Crippen molar-refractivity contribution in [2.45, 2.75) is 186 Å². The van der Waals surface area contributed by atoms with Crippen molar-refractivity contribution in [1.82, 2.24) is 15.5 Å². The highest BCUT2D eigenvalue weighted by Crippen LogP contribution is 2.50. The minimum absolute atomic E-state index is 0.0149. The molecule has 0 aliphatic carbocycles. The summed E-state index contributed by atoms with van der Waals surface area (Å²) in [6.45, 7) is 12.4. The van der Waals surface area contributed by atoms with Crippen molar-refractivity contribution in [3.05, 3.63) is 81.4 Å². The first kappa shape index (κ1) is 72.2. The molecule has 480 valence electrons. The van der Waals surface area contributed by atoms with Crippen LogP contribution in [0.2, 0.25) is 5.02 Å². The number of nitrogens with two attached hydrogens (primary N) is 1. The van der Waals surface area contributed by atoms with Gasteiger partial charge < -0.3 is 55.3 Å². The summed E-state index contributed by atoms with van der Waals surface area (Å²) >= 11 is 13.6. The molecule has 2 saturated heterocycles. The SMILES string of the molecule is CO[C@@H]1/C=C/C=C(\C)Cc2cc(C)c(Cl)c(c2)N(C)C(=O)C[C@H](OC(=O)[C@H](C)N(C)C(=O)c2ccc(CC(=O)[C@H](CCCNC(N)=O)NC(=O)[C@@H](CC(=O)CCCCCCC(=O)C(CBr)CBr)C(C)C)c(O)c2)[C@]2(C)O[C@H]2[C@H](C)[C@@H]2C[C@@]1(O)CC(=O)O2. The number of fused-ring (bicyclic) bond motifs is 5. The number of epoxide rings is 1. The number of esters is 2. The summed E-state index contributed by atoms with van der Waals surface area (Å²) in [5.41, 5.74) is 5.29. The lowest BCUT2D eigenvalue weighted by Gasteiger charge is -2.41. The number of methoxy groups -OCH3 is 1. The predicted octanol–water partition coefficient (Wildman–Crippen LogP) is 8.68. The zero-order chi connectivity index (χ0) is 64.7. The van der Waals surface area contributed by atoms with E-state index in [1.54, 1.807) is 33.0 Å². The van der Waals surface area contributed by atoms with E-state index < -0.39 is 113 Å². The molecular weight excluding hydrogens is 1270 g/mol. The van der Waals surface area contributed by atoms with Gasteiger partial charge in [0, 0.05) is 99.4 Å². The fraction of sp³-hybridized carbons (Fsp3) is 0.609. The van der Waals surface area contributed by atoms with E-state index in [0.717, 1.165) is 46.9 Å². The molecule has 87 heavy (non-hydrogen) atoms. The summed E-state index contributed by atoms with van der Waals surface area (Å²) in [5.74, 6) is -5.76. The molecule has 0 spiro atoms. The van der Waals surface area contributed by atoms with Gasteiger partial charge in [0.25, 0.3) is 5.91 Å². The molecule has 2 fully saturated rings. The number of nitrogens with one attached hydrogen (secondary N) is 2. The highest BCUT2D eigenvalue weighted by molar-refractivity contribution is 9.09. The standard InChI is InChI=1S/C64H88Br2ClN5O15/c1-36(2)46(30-45(73)18-13-11-12-14-20-49(74)44(34-65)35-66)59(79)70-47(19-16-24-69-62(68)82)51(76)28-42-22-23-43(29-50(42)75)60(80)71(8)40(6)61(81)86-54-31-55(77)72(9)48-27-41(26-38(4)57(48)67)25-37(3)17-15-21-53(84-10)64(83)32-52(85-56(78)33-64)39(5)58-63(54,7)87-58/h15,17,21-23,26-27,29,36,39-40,44,46-47,52-54,58,75,83H,11-14,16,18-20,24-25,28,30-35H2,1-10H3,(H,70,79)(H3,68,69,82)/b21-15+,37-17+/t39-,40+,46+,47+,52+,53-,54+,58+,63+,64-/m1/s1. The Balaban J connectivity index is 1.31. The van der Waals surface area contributed by atoms with Crippen molar-refractivity contribution < 1.29 is 72.3 Å². The second kappa shape index (κ2) is 32.8. The Morgan fingerprint density at radius 1 is 0.977 bits per heavy atom. The summed E-state index contributed by atoms with van der Waals surface area (Å²) < 4.78 is 24.1. The van der Waals surface area contributed by atoms with Crippen molar-refractivity contribution in [3.63, 3.8) is 0 Å². The number of anilines is 1. The second-order valence-electron chi connectivity index (χ2n) is 24.2. The van der Waals surface area contributed by atoms with Crippen molar-refractivity contribution in [3.8, 4) is 5.75 Å². The van der Waals surface area contributed by atoms with E-state index in [0.29, 0.717) is 40.6 Å². The average molecular weight is 1360 g/mol. The third-order valence-corrected chi connectivity index (χ3v) is 19.2. The van der Waals surface area contributed by atoms with E-state index in [-0.39, 0.29) is 86.0 Å². The minimum atomic E-state index is -1.65. The van der Waals surface area contributed by atoms with Crippen LogP contribution < -0.4 is 21.3 Å². The maximum Gasteiger partial charge on any atom is 0.328 e. The van der Waals surface area contributed by atoms with Crippen LogP contribution in [0.25, 0.3) is 0 Å². The number of phenols is 1. The molecule has 6 N–H and O–H groups in total. The quantitative estimate of drug-likeness (QED) is 0.0242. The van der Waals surface area contributed by atoms with Crippen LogP contribution >= 0.6 is 43.5 Å². The summed E-state index contributed by atoms with van der Waals surface area (Å²) in [5, 5.41) is 30.2. The highest BCUT2D eigenvalue weighted by atomic mass is 79.9. The number of ether oxygens (including phenoxy) is 4. The van der Waals surface area contributed by atoms with E-state index in [4.69, 9.17) is 36.3 Å². The van der Waals surface area contributed by atoms with Gasteiger partial charge in [0.05, 0.1) is 35.7 Å². The van der Waals surface area contributed by atoms with Gasteiger partial charge in [-0.1, -0.05) is 113 Å². The molecule has 23 heteroatoms. The van der Waals surface area contributed by atoms with Crippen LogP contribution in [0.5, 0.6) is 5.75 Å². The number of halogens is 3. The first-order valence-corrected chi connectivity index (χ1v) is 32.4. The number of urea groups is 1. The third kappa shape index (κ3) is 19.7. The van der Waals surface area contributed by atoms with E-state index >= 15 is 0 Å². The molecule has 3 aliphatic rings. The van der Waals surface area contributed by atoms with Gasteiger partial charge in [-0.05, 0) is 95.0 Å². The summed E-state index contributed by atoms with van der Waals surface area (Å²) in [4.78, 5) is 124. The number of aromatic hydroxyl groups is 1. The zero-order valence-corrected chi connectivity index (χ0v) is 55.6. The molecule has 5 amide bonds. The fourth-order valence-electron chi connectivity index (χ4n) is 11.3.